The average Bonchev–Trinajstić information content (AvgIpc) is 2.96. The van der Waals surface area contributed by atoms with Gasteiger partial charge in [0.25, 0.3) is 0 Å². The van der Waals surface area contributed by atoms with Crippen molar-refractivity contribution in [3.8, 4) is 0 Å². The van der Waals surface area contributed by atoms with Crippen molar-refractivity contribution in [1.82, 2.24) is 10.2 Å². The van der Waals surface area contributed by atoms with Crippen molar-refractivity contribution < 1.29 is 14.7 Å². The van der Waals surface area contributed by atoms with E-state index in [1.54, 1.807) is 0 Å². The topological polar surface area (TPSA) is 69.6 Å². The Morgan fingerprint density at radius 3 is 2.58 bits per heavy atom. The molecule has 0 aromatic carbocycles. The van der Waals surface area contributed by atoms with Gasteiger partial charge in [-0.25, -0.2) is 4.79 Å². The van der Waals surface area contributed by atoms with Crippen LogP contribution >= 0.6 is 0 Å². The first-order valence-electron chi connectivity index (χ1n) is 7.29. The van der Waals surface area contributed by atoms with Crippen LogP contribution in [0.2, 0.25) is 0 Å². The summed E-state index contributed by atoms with van der Waals surface area (Å²) in [6.07, 6.45) is 4.17. The zero-order valence-corrected chi connectivity index (χ0v) is 11.8. The first-order chi connectivity index (χ1) is 8.99. The van der Waals surface area contributed by atoms with Crippen LogP contribution in [0.3, 0.4) is 0 Å². The highest BCUT2D eigenvalue weighted by Gasteiger charge is 2.34. The summed E-state index contributed by atoms with van der Waals surface area (Å²) in [7, 11) is 0. The molecule has 2 rings (SSSR count). The van der Waals surface area contributed by atoms with Crippen molar-refractivity contribution >= 4 is 12.0 Å². The van der Waals surface area contributed by atoms with Gasteiger partial charge in [-0.3, -0.25) is 4.79 Å². The van der Waals surface area contributed by atoms with Crippen LogP contribution in [-0.2, 0) is 4.79 Å². The largest absolute Gasteiger partial charge is 0.481 e. The lowest BCUT2D eigenvalue weighted by Crippen LogP contribution is -2.47. The van der Waals surface area contributed by atoms with Crippen LogP contribution in [0.4, 0.5) is 4.79 Å². The van der Waals surface area contributed by atoms with Crippen LogP contribution in [0.25, 0.3) is 0 Å². The van der Waals surface area contributed by atoms with E-state index in [9.17, 15) is 9.59 Å². The molecule has 1 aliphatic carbocycles. The monoisotopic (exact) mass is 268 g/mol. The molecule has 1 saturated carbocycles. The van der Waals surface area contributed by atoms with Crippen molar-refractivity contribution in [3.05, 3.63) is 0 Å². The highest BCUT2D eigenvalue weighted by molar-refractivity contribution is 5.76. The molecule has 0 radical (unpaired) electrons. The van der Waals surface area contributed by atoms with E-state index >= 15 is 0 Å². The maximum absolute atomic E-state index is 12.3. The first-order valence-corrected chi connectivity index (χ1v) is 7.29. The number of carbonyl (C=O) groups excluding carboxylic acids is 1. The second-order valence-electron chi connectivity index (χ2n) is 6.14. The zero-order chi connectivity index (χ0) is 14.0. The molecule has 2 amide bonds. The van der Waals surface area contributed by atoms with Crippen molar-refractivity contribution in [2.24, 2.45) is 11.8 Å². The molecule has 3 atom stereocenters. The van der Waals surface area contributed by atoms with E-state index in [-0.39, 0.29) is 18.0 Å². The number of aliphatic carboxylic acids is 1. The Hall–Kier alpha value is -1.26. The minimum Gasteiger partial charge on any atom is -0.481 e. The smallest absolute Gasteiger partial charge is 0.317 e. The Morgan fingerprint density at radius 2 is 2.00 bits per heavy atom. The lowest BCUT2D eigenvalue weighted by Gasteiger charge is -2.29. The molecule has 2 fully saturated rings. The van der Waals surface area contributed by atoms with Gasteiger partial charge in [-0.1, -0.05) is 13.8 Å². The SMILES string of the molecule is CC(C)C1CCCN1C(=O)NC1CCC(C(=O)O)C1. The summed E-state index contributed by atoms with van der Waals surface area (Å²) in [5.74, 6) is -0.550. The van der Waals surface area contributed by atoms with E-state index in [0.717, 1.165) is 25.8 Å². The third-order valence-corrected chi connectivity index (χ3v) is 4.44. The minimum absolute atomic E-state index is 0.00719. The normalized spacial score (nSPS) is 30.9. The molecule has 0 aromatic rings. The third-order valence-electron chi connectivity index (χ3n) is 4.44. The number of hydrogen-bond donors (Lipinski definition) is 2. The summed E-state index contributed by atoms with van der Waals surface area (Å²) >= 11 is 0. The number of carboxylic acids is 1. The van der Waals surface area contributed by atoms with Crippen LogP contribution in [0.15, 0.2) is 0 Å². The van der Waals surface area contributed by atoms with E-state index < -0.39 is 5.97 Å². The number of urea groups is 1. The molecule has 0 aromatic heterocycles. The van der Waals surface area contributed by atoms with Gasteiger partial charge in [0.2, 0.25) is 0 Å². The van der Waals surface area contributed by atoms with E-state index in [1.165, 1.54) is 0 Å². The van der Waals surface area contributed by atoms with Crippen LogP contribution in [0.5, 0.6) is 0 Å². The molecule has 3 unspecified atom stereocenters. The van der Waals surface area contributed by atoms with Crippen molar-refractivity contribution in [3.63, 3.8) is 0 Å². The summed E-state index contributed by atoms with van der Waals surface area (Å²) < 4.78 is 0. The number of carboxylic acid groups (broad SMARTS) is 1. The highest BCUT2D eigenvalue weighted by atomic mass is 16.4. The summed E-state index contributed by atoms with van der Waals surface area (Å²) in [5.41, 5.74) is 0. The zero-order valence-electron chi connectivity index (χ0n) is 11.8. The molecule has 5 heteroatoms. The summed E-state index contributed by atoms with van der Waals surface area (Å²) in [5, 5.41) is 12.0. The Kier molecular flexibility index (Phi) is 4.32. The molecular formula is C14H24N2O3. The van der Waals surface area contributed by atoms with Gasteiger partial charge < -0.3 is 15.3 Å². The fourth-order valence-corrected chi connectivity index (χ4v) is 3.33. The number of likely N-dealkylation sites (tertiary alicyclic amines) is 1. The van der Waals surface area contributed by atoms with Crippen molar-refractivity contribution in [1.29, 1.82) is 0 Å². The number of rotatable bonds is 3. The second-order valence-corrected chi connectivity index (χ2v) is 6.14. The lowest BCUT2D eigenvalue weighted by molar-refractivity contribution is -0.141. The molecule has 2 N–H and O–H groups in total. The average molecular weight is 268 g/mol. The standard InChI is InChI=1S/C14H24N2O3/c1-9(2)12-4-3-7-16(12)14(19)15-11-6-5-10(8-11)13(17)18/h9-12H,3-8H2,1-2H3,(H,15,19)(H,17,18). The number of nitrogens with zero attached hydrogens (tertiary/aromatic N) is 1. The van der Waals surface area contributed by atoms with Crippen molar-refractivity contribution in [2.45, 2.75) is 58.0 Å². The van der Waals surface area contributed by atoms with Gasteiger partial charge >= 0.3 is 12.0 Å². The van der Waals surface area contributed by atoms with Gasteiger partial charge in [0.05, 0.1) is 5.92 Å². The van der Waals surface area contributed by atoms with E-state index in [2.05, 4.69) is 19.2 Å². The molecule has 5 nitrogen and oxygen atoms in total. The number of hydrogen-bond acceptors (Lipinski definition) is 2. The summed E-state index contributed by atoms with van der Waals surface area (Å²) in [4.78, 5) is 25.1. The number of nitrogens with one attached hydrogen (secondary N) is 1. The van der Waals surface area contributed by atoms with E-state index in [4.69, 9.17) is 5.11 Å². The van der Waals surface area contributed by atoms with Gasteiger partial charge in [-0.2, -0.15) is 0 Å². The fourth-order valence-electron chi connectivity index (χ4n) is 3.33. The van der Waals surface area contributed by atoms with Crippen LogP contribution in [-0.4, -0.2) is 40.6 Å². The van der Waals surface area contributed by atoms with E-state index in [0.29, 0.717) is 24.8 Å². The Labute approximate surface area is 114 Å². The minimum atomic E-state index is -0.738. The summed E-state index contributed by atoms with van der Waals surface area (Å²) in [6, 6.07) is 0.353. The fraction of sp³-hybridized carbons (Fsp3) is 0.857. The molecule has 1 heterocycles. The molecule has 108 valence electrons. The predicted molar refractivity (Wildman–Crippen MR) is 71.9 cm³/mol. The van der Waals surface area contributed by atoms with Crippen LogP contribution in [0.1, 0.15) is 46.0 Å². The number of amides is 2. The maximum atomic E-state index is 12.3. The van der Waals surface area contributed by atoms with Crippen molar-refractivity contribution in [2.75, 3.05) is 6.54 Å². The van der Waals surface area contributed by atoms with Gasteiger partial charge in [0.15, 0.2) is 0 Å². The van der Waals surface area contributed by atoms with Crippen LogP contribution < -0.4 is 5.32 Å². The van der Waals surface area contributed by atoms with Crippen LogP contribution in [0, 0.1) is 11.8 Å². The molecule has 2 aliphatic rings. The quantitative estimate of drug-likeness (QED) is 0.823. The highest BCUT2D eigenvalue weighted by Crippen LogP contribution is 2.27. The Bertz CT molecular complexity index is 357. The third kappa shape index (κ3) is 3.19. The molecule has 0 spiro atoms. The summed E-state index contributed by atoms with van der Waals surface area (Å²) in [6.45, 7) is 5.11. The Morgan fingerprint density at radius 1 is 1.26 bits per heavy atom. The molecule has 1 saturated heterocycles. The molecule has 1 aliphatic heterocycles. The molecular weight excluding hydrogens is 244 g/mol. The van der Waals surface area contributed by atoms with Gasteiger partial charge in [-0.15, -0.1) is 0 Å². The Balaban J connectivity index is 1.86. The van der Waals surface area contributed by atoms with Gasteiger partial charge in [-0.05, 0) is 38.0 Å². The van der Waals surface area contributed by atoms with E-state index in [1.807, 2.05) is 4.90 Å². The second kappa shape index (κ2) is 5.80. The van der Waals surface area contributed by atoms with Gasteiger partial charge in [0.1, 0.15) is 0 Å². The first kappa shape index (κ1) is 14.2. The van der Waals surface area contributed by atoms with Gasteiger partial charge in [0, 0.05) is 18.6 Å². The molecule has 0 bridgehead atoms. The maximum Gasteiger partial charge on any atom is 0.317 e. The lowest BCUT2D eigenvalue weighted by atomic mass is 10.0. The predicted octanol–water partition coefficient (Wildman–Crippen LogP) is 2.07. The number of carbonyl (C=O) groups is 2. The molecule has 19 heavy (non-hydrogen) atoms.